The second-order valence-electron chi connectivity index (χ2n) is 11.4. The number of nitrogens with one attached hydrogen (secondary N) is 1. The van der Waals surface area contributed by atoms with Gasteiger partial charge in [-0.05, 0) is 82.4 Å². The van der Waals surface area contributed by atoms with Crippen LogP contribution in [0.3, 0.4) is 0 Å². The number of hydrogen-bond donors (Lipinski definition) is 4. The second kappa shape index (κ2) is 11.4. The summed E-state index contributed by atoms with van der Waals surface area (Å²) >= 11 is 6.16. The number of amides is 1. The number of carbonyl (C=O) groups excluding carboxylic acids is 1. The van der Waals surface area contributed by atoms with Crippen LogP contribution in [-0.4, -0.2) is 44.3 Å². The Morgan fingerprint density at radius 2 is 1.82 bits per heavy atom. The van der Waals surface area contributed by atoms with Crippen molar-refractivity contribution in [3.63, 3.8) is 0 Å². The van der Waals surface area contributed by atoms with E-state index in [0.717, 1.165) is 37.0 Å². The van der Waals surface area contributed by atoms with Crippen LogP contribution in [0.5, 0.6) is 0 Å². The molecule has 0 unspecified atom stereocenters. The minimum Gasteiger partial charge on any atom is -0.481 e. The van der Waals surface area contributed by atoms with Crippen LogP contribution in [0.1, 0.15) is 110 Å². The van der Waals surface area contributed by atoms with Gasteiger partial charge in [0, 0.05) is 30.2 Å². The van der Waals surface area contributed by atoms with E-state index in [0.29, 0.717) is 12.1 Å². The van der Waals surface area contributed by atoms with Crippen molar-refractivity contribution in [2.45, 2.75) is 83.0 Å². The fourth-order valence-corrected chi connectivity index (χ4v) is 5.66. The molecule has 1 amide bonds. The largest absolute Gasteiger partial charge is 0.481 e. The van der Waals surface area contributed by atoms with Crippen molar-refractivity contribution in [3.8, 4) is 0 Å². The lowest BCUT2D eigenvalue weighted by Crippen LogP contribution is -2.32. The number of carboxylic acid groups (broad SMARTS) is 3. The van der Waals surface area contributed by atoms with Crippen LogP contribution in [0.2, 0.25) is 5.02 Å². The zero-order valence-electron chi connectivity index (χ0n) is 21.9. The van der Waals surface area contributed by atoms with Crippen LogP contribution in [-0.2, 0) is 14.4 Å². The number of halogens is 1. The van der Waals surface area contributed by atoms with E-state index in [4.69, 9.17) is 21.2 Å². The summed E-state index contributed by atoms with van der Waals surface area (Å²) in [6, 6.07) is 4.00. The second-order valence-corrected chi connectivity index (χ2v) is 11.8. The van der Waals surface area contributed by atoms with E-state index >= 15 is 0 Å². The lowest BCUT2D eigenvalue weighted by atomic mass is 9.66. The van der Waals surface area contributed by atoms with Gasteiger partial charge >= 0.3 is 17.9 Å². The SMILES string of the molecule is CC(C)(C[C@H]1C[C@@H](c2onc([C@@H](CCC(=O)O)CC(=O)Nc3ccc(C(=O)O)cc3Cl)c2C2CC2)C1)C(=O)O. The van der Waals surface area contributed by atoms with Gasteiger partial charge in [0.05, 0.1) is 27.4 Å². The number of anilines is 1. The van der Waals surface area contributed by atoms with E-state index in [1.807, 2.05) is 0 Å². The Labute approximate surface area is 230 Å². The maximum Gasteiger partial charge on any atom is 0.335 e. The number of carboxylic acids is 3. The molecule has 1 heterocycles. The normalized spacial score (nSPS) is 19.7. The molecule has 0 radical (unpaired) electrons. The van der Waals surface area contributed by atoms with Crippen LogP contribution in [0, 0.1) is 11.3 Å². The van der Waals surface area contributed by atoms with E-state index in [1.54, 1.807) is 13.8 Å². The highest BCUT2D eigenvalue weighted by atomic mass is 35.5. The lowest BCUT2D eigenvalue weighted by molar-refractivity contribution is -0.148. The zero-order valence-corrected chi connectivity index (χ0v) is 22.7. The number of nitrogens with zero attached hydrogens (tertiary/aromatic N) is 1. The minimum atomic E-state index is -1.14. The summed E-state index contributed by atoms with van der Waals surface area (Å²) in [4.78, 5) is 47.1. The Hall–Kier alpha value is -3.40. The van der Waals surface area contributed by atoms with E-state index in [1.165, 1.54) is 18.2 Å². The third-order valence-corrected chi connectivity index (χ3v) is 8.08. The fraction of sp³-hybridized carbons (Fsp3) is 0.536. The molecule has 2 aliphatic rings. The molecule has 11 heteroatoms. The molecule has 4 N–H and O–H groups in total. The Morgan fingerprint density at radius 3 is 2.38 bits per heavy atom. The van der Waals surface area contributed by atoms with Gasteiger partial charge in [-0.15, -0.1) is 0 Å². The van der Waals surface area contributed by atoms with Crippen LogP contribution in [0.25, 0.3) is 0 Å². The topological polar surface area (TPSA) is 167 Å². The molecular weight excluding hydrogens is 528 g/mol. The number of rotatable bonds is 13. The summed E-state index contributed by atoms with van der Waals surface area (Å²) < 4.78 is 5.85. The number of benzene rings is 1. The number of aromatic carboxylic acids is 1. The van der Waals surface area contributed by atoms with Gasteiger partial charge in [0.25, 0.3) is 0 Å². The van der Waals surface area contributed by atoms with Crippen molar-refractivity contribution < 1.29 is 39.0 Å². The molecule has 2 aliphatic carbocycles. The molecule has 2 saturated carbocycles. The highest BCUT2D eigenvalue weighted by Crippen LogP contribution is 2.53. The van der Waals surface area contributed by atoms with E-state index < -0.39 is 35.1 Å². The van der Waals surface area contributed by atoms with Gasteiger partial charge in [-0.25, -0.2) is 4.79 Å². The van der Waals surface area contributed by atoms with Gasteiger partial charge in [0.1, 0.15) is 5.76 Å². The molecule has 39 heavy (non-hydrogen) atoms. The molecule has 1 atom stereocenters. The van der Waals surface area contributed by atoms with Crippen LogP contribution in [0.15, 0.2) is 22.7 Å². The summed E-state index contributed by atoms with van der Waals surface area (Å²) in [5.74, 6) is -2.40. The van der Waals surface area contributed by atoms with Crippen molar-refractivity contribution in [3.05, 3.63) is 45.8 Å². The Balaban J connectivity index is 1.50. The summed E-state index contributed by atoms with van der Waals surface area (Å²) in [6.45, 7) is 3.47. The average molecular weight is 561 g/mol. The number of aliphatic carboxylic acids is 2. The van der Waals surface area contributed by atoms with Gasteiger partial charge in [-0.1, -0.05) is 16.8 Å². The monoisotopic (exact) mass is 560 g/mol. The third kappa shape index (κ3) is 6.79. The molecule has 2 aromatic rings. The predicted octanol–water partition coefficient (Wildman–Crippen LogP) is 5.88. The standard InChI is InChI=1S/C28H33ClN2O8/c1-28(2,27(37)38)13-14-9-18(10-14)25-23(15-3-4-15)24(31-39-25)16(6-8-22(33)34)12-21(32)30-20-7-5-17(26(35)36)11-19(20)29/h5,7,11,14-16,18H,3-4,6,8-10,12-13H2,1-2H3,(H,30,32)(H,33,34)(H,35,36)(H,37,38)/t14-,16-,18+/m0/s1. The smallest absolute Gasteiger partial charge is 0.335 e. The minimum absolute atomic E-state index is 0.00806. The molecule has 10 nitrogen and oxygen atoms in total. The molecule has 0 saturated heterocycles. The van der Waals surface area contributed by atoms with E-state index in [9.17, 15) is 29.4 Å². The van der Waals surface area contributed by atoms with Crippen molar-refractivity contribution in [1.29, 1.82) is 0 Å². The van der Waals surface area contributed by atoms with Crippen molar-refractivity contribution >= 4 is 41.1 Å². The van der Waals surface area contributed by atoms with Crippen LogP contribution < -0.4 is 5.32 Å². The Bertz CT molecular complexity index is 1280. The van der Waals surface area contributed by atoms with Crippen molar-refractivity contribution in [1.82, 2.24) is 5.16 Å². The van der Waals surface area contributed by atoms with Gasteiger partial charge in [-0.2, -0.15) is 0 Å². The van der Waals surface area contributed by atoms with Gasteiger partial charge < -0.3 is 25.2 Å². The molecule has 0 bridgehead atoms. The van der Waals surface area contributed by atoms with Crippen LogP contribution >= 0.6 is 11.6 Å². The maximum absolute atomic E-state index is 13.0. The highest BCUT2D eigenvalue weighted by Gasteiger charge is 2.43. The molecule has 210 valence electrons. The number of aromatic nitrogens is 1. The quantitative estimate of drug-likeness (QED) is 0.234. The van der Waals surface area contributed by atoms with Gasteiger partial charge in [0.2, 0.25) is 5.91 Å². The molecule has 1 aromatic carbocycles. The summed E-state index contributed by atoms with van der Waals surface area (Å²) in [5.41, 5.74) is 1.05. The van der Waals surface area contributed by atoms with Crippen molar-refractivity contribution in [2.24, 2.45) is 11.3 Å². The Kier molecular flexibility index (Phi) is 8.34. The highest BCUT2D eigenvalue weighted by molar-refractivity contribution is 6.34. The van der Waals surface area contributed by atoms with Gasteiger partial charge in [0.15, 0.2) is 0 Å². The summed E-state index contributed by atoms with van der Waals surface area (Å²) in [6.07, 6.45) is 4.12. The molecule has 1 aromatic heterocycles. The summed E-state index contributed by atoms with van der Waals surface area (Å²) in [5, 5.41) is 35.0. The lowest BCUT2D eigenvalue weighted by Gasteiger charge is -2.37. The first-order valence-corrected chi connectivity index (χ1v) is 13.5. The fourth-order valence-electron chi connectivity index (χ4n) is 5.43. The molecule has 2 fully saturated rings. The first-order valence-electron chi connectivity index (χ1n) is 13.1. The Morgan fingerprint density at radius 1 is 1.13 bits per heavy atom. The van der Waals surface area contributed by atoms with Gasteiger partial charge in [-0.3, -0.25) is 14.4 Å². The number of carbonyl (C=O) groups is 4. The number of hydrogen-bond acceptors (Lipinski definition) is 6. The zero-order chi connectivity index (χ0) is 28.5. The molecule has 0 aliphatic heterocycles. The maximum atomic E-state index is 13.0. The van der Waals surface area contributed by atoms with Crippen molar-refractivity contribution in [2.75, 3.05) is 5.32 Å². The molecule has 0 spiro atoms. The first-order chi connectivity index (χ1) is 18.4. The first kappa shape index (κ1) is 28.6. The summed E-state index contributed by atoms with van der Waals surface area (Å²) in [7, 11) is 0. The predicted molar refractivity (Wildman–Crippen MR) is 141 cm³/mol. The molecular formula is C28H33ClN2O8. The van der Waals surface area contributed by atoms with Crippen LogP contribution in [0.4, 0.5) is 5.69 Å². The molecule has 4 rings (SSSR count). The van der Waals surface area contributed by atoms with E-state index in [2.05, 4.69) is 10.5 Å². The third-order valence-electron chi connectivity index (χ3n) is 7.77. The average Bonchev–Trinajstić information content (AvgIpc) is 3.58. The van der Waals surface area contributed by atoms with E-state index in [-0.39, 0.29) is 53.3 Å².